The van der Waals surface area contributed by atoms with Gasteiger partial charge in [-0.15, -0.1) is 11.3 Å². The van der Waals surface area contributed by atoms with Crippen LogP contribution in [0, 0.1) is 38.1 Å². The van der Waals surface area contributed by atoms with Gasteiger partial charge in [0.1, 0.15) is 16.8 Å². The number of fused-ring (bicyclic) bond motifs is 1. The van der Waals surface area contributed by atoms with Crippen molar-refractivity contribution in [3.63, 3.8) is 0 Å². The summed E-state index contributed by atoms with van der Waals surface area (Å²) in [6.45, 7) is 3.56. The van der Waals surface area contributed by atoms with Crippen LogP contribution in [0.15, 0.2) is 18.2 Å². The van der Waals surface area contributed by atoms with Crippen LogP contribution in [-0.4, -0.2) is 17.4 Å². The van der Waals surface area contributed by atoms with Crippen LogP contribution < -0.4 is 10.1 Å². The second-order valence-corrected chi connectivity index (χ2v) is 8.74. The quantitative estimate of drug-likeness (QED) is 0.419. The first kappa shape index (κ1) is 20.9. The highest BCUT2D eigenvalue weighted by Gasteiger charge is 2.23. The summed E-state index contributed by atoms with van der Waals surface area (Å²) >= 11 is 6.74. The molecule has 7 nitrogen and oxygen atoms in total. The smallest absolute Gasteiger partial charge is 0.269 e. The monoisotopic (exact) mass is 429 g/mol. The van der Waals surface area contributed by atoms with Crippen molar-refractivity contribution < 1.29 is 14.5 Å². The number of rotatable bonds is 5. The average molecular weight is 430 g/mol. The third-order valence-corrected chi connectivity index (χ3v) is 6.31. The predicted molar refractivity (Wildman–Crippen MR) is 113 cm³/mol. The van der Waals surface area contributed by atoms with Crippen LogP contribution in [0.1, 0.15) is 35.6 Å². The van der Waals surface area contributed by atoms with Gasteiger partial charge in [-0.25, -0.2) is 0 Å². The van der Waals surface area contributed by atoms with Crippen molar-refractivity contribution >= 4 is 40.2 Å². The van der Waals surface area contributed by atoms with Gasteiger partial charge >= 0.3 is 0 Å². The number of hydrogen-bond acceptors (Lipinski definition) is 7. The fraction of sp³-hybridized carbons (Fsp3) is 0.350. The van der Waals surface area contributed by atoms with Crippen LogP contribution in [0.2, 0.25) is 0 Å². The molecule has 1 aliphatic rings. The molecule has 0 fully saturated rings. The molecule has 0 bridgehead atoms. The van der Waals surface area contributed by atoms with Crippen molar-refractivity contribution in [1.29, 1.82) is 5.26 Å². The van der Waals surface area contributed by atoms with Gasteiger partial charge in [0.2, 0.25) is 0 Å². The summed E-state index contributed by atoms with van der Waals surface area (Å²) in [7, 11) is 0. The number of carbonyl (C=O) groups is 1. The van der Waals surface area contributed by atoms with E-state index in [1.165, 1.54) is 29.5 Å². The molecule has 0 radical (unpaired) electrons. The van der Waals surface area contributed by atoms with Gasteiger partial charge in [-0.1, -0.05) is 19.1 Å². The van der Waals surface area contributed by atoms with E-state index in [2.05, 4.69) is 18.3 Å². The van der Waals surface area contributed by atoms with Crippen LogP contribution >= 0.6 is 23.6 Å². The lowest BCUT2D eigenvalue weighted by Gasteiger charge is -2.23. The highest BCUT2D eigenvalue weighted by atomic mass is 32.1. The van der Waals surface area contributed by atoms with E-state index in [1.807, 2.05) is 0 Å². The first-order valence-corrected chi connectivity index (χ1v) is 10.3. The van der Waals surface area contributed by atoms with Crippen molar-refractivity contribution in [2.24, 2.45) is 5.92 Å². The molecule has 1 aromatic carbocycles. The minimum absolute atomic E-state index is 0.0406. The van der Waals surface area contributed by atoms with E-state index in [4.69, 9.17) is 17.0 Å². The lowest BCUT2D eigenvalue weighted by atomic mass is 9.85. The third-order valence-electron chi connectivity index (χ3n) is 4.87. The first-order chi connectivity index (χ1) is 13.8. The number of carbonyl (C=O) groups excluding carboxylic acids is 1. The number of benzene rings is 1. The fourth-order valence-electron chi connectivity index (χ4n) is 3.36. The van der Waals surface area contributed by atoms with Crippen LogP contribution in [0.4, 0.5) is 10.7 Å². The van der Waals surface area contributed by atoms with Crippen molar-refractivity contribution in [1.82, 2.24) is 0 Å². The molecule has 1 unspecified atom stereocenters. The Balaban J connectivity index is 1.75. The first-order valence-electron chi connectivity index (χ1n) is 9.06. The summed E-state index contributed by atoms with van der Waals surface area (Å²) in [4.78, 5) is 22.7. The number of amides is 1. The van der Waals surface area contributed by atoms with E-state index in [0.29, 0.717) is 31.6 Å². The minimum Gasteiger partial charge on any atom is -0.483 e. The van der Waals surface area contributed by atoms with Crippen molar-refractivity contribution in [3.05, 3.63) is 54.4 Å². The molecule has 9 heteroatoms. The summed E-state index contributed by atoms with van der Waals surface area (Å²) in [5.74, 6) is 0.495. The zero-order chi connectivity index (χ0) is 21.1. The van der Waals surface area contributed by atoms with Crippen molar-refractivity contribution in [3.8, 4) is 11.8 Å². The Morgan fingerprint density at radius 2 is 2.24 bits per heavy atom. The van der Waals surface area contributed by atoms with Crippen LogP contribution in [0.25, 0.3) is 0 Å². The van der Waals surface area contributed by atoms with E-state index in [0.717, 1.165) is 30.4 Å². The molecule has 0 spiro atoms. The minimum atomic E-state index is -0.489. The second kappa shape index (κ2) is 8.68. The maximum atomic E-state index is 12.4. The molecule has 0 saturated heterocycles. The topological polar surface area (TPSA) is 105 Å². The summed E-state index contributed by atoms with van der Waals surface area (Å²) in [6.07, 6.45) is 2.62. The second-order valence-electron chi connectivity index (χ2n) is 7.05. The molecule has 29 heavy (non-hydrogen) atoms. The lowest BCUT2D eigenvalue weighted by Crippen LogP contribution is -2.21. The summed E-state index contributed by atoms with van der Waals surface area (Å²) < 4.78 is 6.20. The van der Waals surface area contributed by atoms with Crippen molar-refractivity contribution in [2.75, 3.05) is 11.9 Å². The van der Waals surface area contributed by atoms with Crippen molar-refractivity contribution in [2.45, 2.75) is 33.1 Å². The fourth-order valence-corrected chi connectivity index (χ4v) is 4.77. The van der Waals surface area contributed by atoms with Gasteiger partial charge in [-0.2, -0.15) is 5.26 Å². The molecule has 3 rings (SSSR count). The number of aryl methyl sites for hydroxylation is 1. The predicted octanol–water partition coefficient (Wildman–Crippen LogP) is 4.71. The Hall–Kier alpha value is -2.83. The SMILES string of the molecule is Cc1cc([N+](=O)[O-])ccc1OCC(=O)Nc1sc(=S)c2c(c1C#N)CCC(C)C2. The number of nitriles is 1. The maximum Gasteiger partial charge on any atom is 0.269 e. The molecule has 2 aromatic rings. The Bertz CT molecular complexity index is 1090. The van der Waals surface area contributed by atoms with Crippen LogP contribution in [0.3, 0.4) is 0 Å². The van der Waals surface area contributed by atoms with Gasteiger partial charge in [-0.05, 0) is 54.9 Å². The van der Waals surface area contributed by atoms with Crippen LogP contribution in [0.5, 0.6) is 5.75 Å². The number of nitrogens with one attached hydrogen (secondary N) is 1. The molecule has 0 aliphatic heterocycles. The van der Waals surface area contributed by atoms with Gasteiger partial charge in [0, 0.05) is 12.1 Å². The third kappa shape index (κ3) is 4.60. The summed E-state index contributed by atoms with van der Waals surface area (Å²) in [6, 6.07) is 6.39. The number of anilines is 1. The summed E-state index contributed by atoms with van der Waals surface area (Å²) in [5.41, 5.74) is 2.99. The van der Waals surface area contributed by atoms with Gasteiger partial charge in [0.25, 0.3) is 11.6 Å². The Morgan fingerprint density at radius 1 is 1.48 bits per heavy atom. The highest BCUT2D eigenvalue weighted by molar-refractivity contribution is 7.73. The molecule has 1 aliphatic carbocycles. The number of nitrogens with zero attached hydrogens (tertiary/aromatic N) is 2. The van der Waals surface area contributed by atoms with Gasteiger partial charge < -0.3 is 10.1 Å². The molecular formula is C20H19N3O4S2. The van der Waals surface area contributed by atoms with Crippen LogP contribution in [-0.2, 0) is 17.6 Å². The number of non-ortho nitro benzene ring substituents is 1. The number of ether oxygens (including phenoxy) is 1. The molecule has 1 atom stereocenters. The van der Waals surface area contributed by atoms with E-state index in [-0.39, 0.29) is 12.3 Å². The highest BCUT2D eigenvalue weighted by Crippen LogP contribution is 2.36. The van der Waals surface area contributed by atoms with E-state index in [9.17, 15) is 20.2 Å². The lowest BCUT2D eigenvalue weighted by molar-refractivity contribution is -0.384. The number of hydrogen-bond donors (Lipinski definition) is 1. The largest absolute Gasteiger partial charge is 0.483 e. The average Bonchev–Trinajstić information content (AvgIpc) is 2.67. The molecule has 1 N–H and O–H groups in total. The normalized spacial score (nSPS) is 15.1. The standard InChI is InChI=1S/C20H19N3O4S2/c1-11-3-5-14-15(7-11)20(28)29-19(16(14)9-21)22-18(24)10-27-17-6-4-13(23(25)26)8-12(17)2/h4,6,8,11H,3,5,7,10H2,1-2H3,(H,22,24). The zero-order valence-electron chi connectivity index (χ0n) is 16.0. The number of nitro groups is 1. The molecule has 1 aromatic heterocycles. The molecule has 1 heterocycles. The number of nitro benzene ring substituents is 1. The van der Waals surface area contributed by atoms with Gasteiger partial charge in [0.05, 0.1) is 14.3 Å². The Kier molecular flexibility index (Phi) is 6.25. The Morgan fingerprint density at radius 3 is 2.90 bits per heavy atom. The van der Waals surface area contributed by atoms with Gasteiger partial charge in [-0.3, -0.25) is 14.9 Å². The van der Waals surface area contributed by atoms with E-state index >= 15 is 0 Å². The Labute approximate surface area is 177 Å². The summed E-state index contributed by atoms with van der Waals surface area (Å²) in [5, 5.41) is 23.6. The van der Waals surface area contributed by atoms with E-state index < -0.39 is 10.8 Å². The molecule has 1 amide bonds. The molecule has 150 valence electrons. The molecule has 0 saturated carbocycles. The van der Waals surface area contributed by atoms with Gasteiger partial charge in [0.15, 0.2) is 6.61 Å². The zero-order valence-corrected chi connectivity index (χ0v) is 17.6. The maximum absolute atomic E-state index is 12.4. The van der Waals surface area contributed by atoms with E-state index in [1.54, 1.807) is 6.92 Å². The molecular weight excluding hydrogens is 410 g/mol.